The van der Waals surface area contributed by atoms with Gasteiger partial charge in [-0.1, -0.05) is 127 Å². The molecule has 0 aliphatic rings. The van der Waals surface area contributed by atoms with Crippen LogP contribution in [0.25, 0.3) is 39.0 Å². The summed E-state index contributed by atoms with van der Waals surface area (Å²) in [7, 11) is 0. The van der Waals surface area contributed by atoms with Crippen LogP contribution in [-0.4, -0.2) is 27.9 Å². The Labute approximate surface area is 244 Å². The zero-order chi connectivity index (χ0) is 27.9. The van der Waals surface area contributed by atoms with Crippen LogP contribution in [0, 0.1) is 0 Å². The first-order valence-corrected chi connectivity index (χ1v) is 14.7. The van der Waals surface area contributed by atoms with Crippen molar-refractivity contribution in [2.45, 2.75) is 11.6 Å². The molecule has 1 aromatic heterocycles. The molecule has 5 nitrogen and oxygen atoms in total. The number of rotatable bonds is 9. The Morgan fingerprint density at radius 2 is 1.34 bits per heavy atom. The normalized spacial score (nSPS) is 10.9. The number of aromatic nitrogens is 2. The summed E-state index contributed by atoms with van der Waals surface area (Å²) in [5.41, 5.74) is 6.09. The number of carbonyl (C=O) groups is 1. The Morgan fingerprint density at radius 1 is 0.707 bits per heavy atom. The van der Waals surface area contributed by atoms with Crippen molar-refractivity contribution >= 4 is 34.3 Å². The van der Waals surface area contributed by atoms with Crippen molar-refractivity contribution < 1.29 is 4.79 Å². The van der Waals surface area contributed by atoms with Gasteiger partial charge in [0.25, 0.3) is 0 Å². The third-order valence-electron chi connectivity index (χ3n) is 6.83. The summed E-state index contributed by atoms with van der Waals surface area (Å²) >= 11 is 1.70. The molecule has 5 aromatic carbocycles. The Hall–Kier alpha value is -4.81. The number of hydrogen-bond acceptors (Lipinski definition) is 3. The standard InChI is InChI=1S/C35H30N4OS/c40-34(37-31-23-12-19-26-14-10-11-22-30(26)31)36-24-13-25-41-35-38-32(27-15-4-1-5-16-27)33(28-17-6-2-7-18-28)39(35)29-20-8-3-9-21-29/h1-12,14-23H,13,24-25H2,(H2,36,37,40). The molecule has 0 saturated carbocycles. The fourth-order valence-corrected chi connectivity index (χ4v) is 5.86. The first kappa shape index (κ1) is 26.4. The lowest BCUT2D eigenvalue weighted by Gasteiger charge is -2.13. The number of nitrogens with one attached hydrogen (secondary N) is 2. The van der Waals surface area contributed by atoms with Crippen LogP contribution in [0.1, 0.15) is 6.42 Å². The number of benzene rings is 5. The zero-order valence-electron chi connectivity index (χ0n) is 22.5. The van der Waals surface area contributed by atoms with Crippen LogP contribution in [0.2, 0.25) is 0 Å². The third kappa shape index (κ3) is 6.03. The van der Waals surface area contributed by atoms with E-state index in [-0.39, 0.29) is 6.03 Å². The molecule has 0 fully saturated rings. The molecule has 1 heterocycles. The van der Waals surface area contributed by atoms with E-state index in [1.165, 1.54) is 0 Å². The van der Waals surface area contributed by atoms with Crippen LogP contribution in [0.3, 0.4) is 0 Å². The number of imidazole rings is 1. The van der Waals surface area contributed by atoms with E-state index in [9.17, 15) is 4.79 Å². The fraction of sp³-hybridized carbons (Fsp3) is 0.0857. The number of fused-ring (bicyclic) bond motifs is 1. The van der Waals surface area contributed by atoms with Crippen LogP contribution in [0.4, 0.5) is 10.5 Å². The number of thioether (sulfide) groups is 1. The van der Waals surface area contributed by atoms with Gasteiger partial charge in [0, 0.05) is 34.5 Å². The minimum Gasteiger partial charge on any atom is -0.338 e. The molecule has 6 aromatic rings. The summed E-state index contributed by atoms with van der Waals surface area (Å²) in [6.07, 6.45) is 0.802. The van der Waals surface area contributed by atoms with Crippen molar-refractivity contribution in [3.63, 3.8) is 0 Å². The van der Waals surface area contributed by atoms with Crippen LogP contribution < -0.4 is 10.6 Å². The number of hydrogen-bond donors (Lipinski definition) is 2. The molecule has 0 aliphatic carbocycles. The number of urea groups is 1. The van der Waals surface area contributed by atoms with E-state index < -0.39 is 0 Å². The first-order valence-electron chi connectivity index (χ1n) is 13.7. The number of anilines is 1. The molecule has 6 heteroatoms. The SMILES string of the molecule is O=C(NCCCSc1nc(-c2ccccc2)c(-c2ccccc2)n1-c1ccccc1)Nc1cccc2ccccc12. The predicted octanol–water partition coefficient (Wildman–Crippen LogP) is 8.66. The topological polar surface area (TPSA) is 59.0 Å². The lowest BCUT2D eigenvalue weighted by Crippen LogP contribution is -2.29. The molecule has 2 amide bonds. The van der Waals surface area contributed by atoms with Gasteiger partial charge >= 0.3 is 6.03 Å². The van der Waals surface area contributed by atoms with Crippen LogP contribution in [-0.2, 0) is 0 Å². The molecule has 41 heavy (non-hydrogen) atoms. The Balaban J connectivity index is 1.19. The highest BCUT2D eigenvalue weighted by atomic mass is 32.2. The molecule has 6 rings (SSSR count). The van der Waals surface area contributed by atoms with Crippen molar-refractivity contribution in [3.8, 4) is 28.2 Å². The van der Waals surface area contributed by atoms with Gasteiger partial charge in [0.1, 0.15) is 0 Å². The largest absolute Gasteiger partial charge is 0.338 e. The lowest BCUT2D eigenvalue weighted by atomic mass is 10.0. The van der Waals surface area contributed by atoms with Crippen molar-refractivity contribution in [2.24, 2.45) is 0 Å². The van der Waals surface area contributed by atoms with Crippen LogP contribution >= 0.6 is 11.8 Å². The monoisotopic (exact) mass is 554 g/mol. The Bertz CT molecular complexity index is 1750. The van der Waals surface area contributed by atoms with Crippen molar-refractivity contribution in [1.82, 2.24) is 14.9 Å². The Morgan fingerprint density at radius 3 is 2.10 bits per heavy atom. The van der Waals surface area contributed by atoms with E-state index >= 15 is 0 Å². The molecule has 0 bridgehead atoms. The van der Waals surface area contributed by atoms with E-state index in [1.807, 2.05) is 72.8 Å². The van der Waals surface area contributed by atoms with Gasteiger partial charge in [0.15, 0.2) is 5.16 Å². The van der Waals surface area contributed by atoms with Crippen LogP contribution in [0.15, 0.2) is 139 Å². The summed E-state index contributed by atoms with van der Waals surface area (Å²) < 4.78 is 2.25. The highest BCUT2D eigenvalue weighted by molar-refractivity contribution is 7.99. The van der Waals surface area contributed by atoms with Gasteiger partial charge < -0.3 is 10.6 Å². The second-order valence-corrected chi connectivity index (χ2v) is 10.7. The molecule has 0 atom stereocenters. The second-order valence-electron chi connectivity index (χ2n) is 9.60. The quantitative estimate of drug-likeness (QED) is 0.139. The zero-order valence-corrected chi connectivity index (χ0v) is 23.4. The molecule has 0 aliphatic heterocycles. The van der Waals surface area contributed by atoms with Gasteiger partial charge in [-0.3, -0.25) is 4.57 Å². The summed E-state index contributed by atoms with van der Waals surface area (Å²) in [6.45, 7) is 0.562. The second kappa shape index (κ2) is 12.6. The average Bonchev–Trinajstić information content (AvgIpc) is 3.42. The van der Waals surface area contributed by atoms with Gasteiger partial charge in [-0.25, -0.2) is 9.78 Å². The fourth-order valence-electron chi connectivity index (χ4n) is 4.91. The number of amides is 2. The Kier molecular flexibility index (Phi) is 8.10. The number of para-hydroxylation sites is 1. The predicted molar refractivity (Wildman–Crippen MR) is 171 cm³/mol. The number of carbonyl (C=O) groups excluding carboxylic acids is 1. The molecule has 0 unspecified atom stereocenters. The van der Waals surface area contributed by atoms with E-state index in [0.717, 1.165) is 62.0 Å². The smallest absolute Gasteiger partial charge is 0.319 e. The van der Waals surface area contributed by atoms with Gasteiger partial charge in [-0.05, 0) is 30.0 Å². The molecular formula is C35H30N4OS. The summed E-state index contributed by atoms with van der Waals surface area (Å²) in [6, 6.07) is 44.9. The van der Waals surface area contributed by atoms with Crippen molar-refractivity contribution in [1.29, 1.82) is 0 Å². The number of nitrogens with zero attached hydrogens (tertiary/aromatic N) is 2. The molecule has 0 spiro atoms. The van der Waals surface area contributed by atoms with Crippen molar-refractivity contribution in [3.05, 3.63) is 133 Å². The molecule has 0 radical (unpaired) electrons. The average molecular weight is 555 g/mol. The maximum Gasteiger partial charge on any atom is 0.319 e. The minimum atomic E-state index is -0.199. The van der Waals surface area contributed by atoms with Gasteiger partial charge in [0.05, 0.1) is 17.1 Å². The van der Waals surface area contributed by atoms with E-state index in [2.05, 4.69) is 75.9 Å². The van der Waals surface area contributed by atoms with Crippen molar-refractivity contribution in [2.75, 3.05) is 17.6 Å². The minimum absolute atomic E-state index is 0.199. The first-order chi connectivity index (χ1) is 20.3. The van der Waals surface area contributed by atoms with E-state index in [4.69, 9.17) is 4.98 Å². The van der Waals surface area contributed by atoms with E-state index in [0.29, 0.717) is 6.54 Å². The van der Waals surface area contributed by atoms with Gasteiger partial charge in [-0.15, -0.1) is 0 Å². The summed E-state index contributed by atoms with van der Waals surface area (Å²) in [5, 5.41) is 9.05. The summed E-state index contributed by atoms with van der Waals surface area (Å²) in [4.78, 5) is 17.8. The third-order valence-corrected chi connectivity index (χ3v) is 7.86. The maximum atomic E-state index is 12.6. The highest BCUT2D eigenvalue weighted by Crippen LogP contribution is 2.38. The molecule has 202 valence electrons. The van der Waals surface area contributed by atoms with Crippen LogP contribution in [0.5, 0.6) is 0 Å². The highest BCUT2D eigenvalue weighted by Gasteiger charge is 2.21. The molecule has 0 saturated heterocycles. The maximum absolute atomic E-state index is 12.6. The van der Waals surface area contributed by atoms with Gasteiger partial charge in [0.2, 0.25) is 0 Å². The van der Waals surface area contributed by atoms with Gasteiger partial charge in [-0.2, -0.15) is 0 Å². The summed E-state index contributed by atoms with van der Waals surface area (Å²) in [5.74, 6) is 0.806. The lowest BCUT2D eigenvalue weighted by molar-refractivity contribution is 0.252. The molecule has 2 N–H and O–H groups in total. The molecular weight excluding hydrogens is 524 g/mol. The van der Waals surface area contributed by atoms with E-state index in [1.54, 1.807) is 11.8 Å².